The summed E-state index contributed by atoms with van der Waals surface area (Å²) in [4.78, 5) is 11.0. The van der Waals surface area contributed by atoms with Crippen LogP contribution in [0, 0.1) is 0 Å². The second kappa shape index (κ2) is 3.60. The molecule has 0 N–H and O–H groups in total. The van der Waals surface area contributed by atoms with Gasteiger partial charge in [-0.1, -0.05) is 36.4 Å². The van der Waals surface area contributed by atoms with Gasteiger partial charge in [-0.3, -0.25) is 4.79 Å². The molecule has 0 heterocycles. The second-order valence-electron chi connectivity index (χ2n) is 4.17. The summed E-state index contributed by atoms with van der Waals surface area (Å²) in [5, 5.41) is 2.46. The zero-order chi connectivity index (χ0) is 11.0. The second-order valence-corrected chi connectivity index (χ2v) is 4.17. The van der Waals surface area contributed by atoms with Crippen LogP contribution >= 0.6 is 0 Å². The number of fused-ring (bicyclic) bond motifs is 2. The molecule has 78 valence electrons. The fourth-order valence-corrected chi connectivity index (χ4v) is 2.37. The fraction of sp³-hybridized carbons (Fsp3) is 0.133. The Morgan fingerprint density at radius 1 is 1.06 bits per heavy atom. The number of rotatable bonds is 1. The summed E-state index contributed by atoms with van der Waals surface area (Å²) in [7, 11) is 0. The fourth-order valence-electron chi connectivity index (χ4n) is 2.37. The number of allylic oxidation sites excluding steroid dienone is 2. The summed E-state index contributed by atoms with van der Waals surface area (Å²) in [5.74, 6) is 0. The summed E-state index contributed by atoms with van der Waals surface area (Å²) < 4.78 is 0. The number of aryl methyl sites for hydroxylation is 1. The molecule has 0 aromatic heterocycles. The average molecular weight is 208 g/mol. The van der Waals surface area contributed by atoms with E-state index in [1.165, 1.54) is 16.3 Å². The minimum Gasteiger partial charge on any atom is -0.298 e. The van der Waals surface area contributed by atoms with E-state index < -0.39 is 0 Å². The zero-order valence-electron chi connectivity index (χ0n) is 8.94. The highest BCUT2D eigenvalue weighted by Crippen LogP contribution is 2.29. The molecule has 0 spiro atoms. The summed E-state index contributed by atoms with van der Waals surface area (Å²) in [6.07, 6.45) is 5.01. The van der Waals surface area contributed by atoms with E-state index >= 15 is 0 Å². The van der Waals surface area contributed by atoms with E-state index in [0.29, 0.717) is 0 Å². The van der Waals surface area contributed by atoms with E-state index in [2.05, 4.69) is 24.3 Å². The summed E-state index contributed by atoms with van der Waals surface area (Å²) in [6.45, 7) is 0. The molecule has 0 unspecified atom stereocenters. The van der Waals surface area contributed by atoms with Crippen molar-refractivity contribution in [3.05, 3.63) is 53.6 Å². The predicted molar refractivity (Wildman–Crippen MR) is 66.3 cm³/mol. The summed E-state index contributed by atoms with van der Waals surface area (Å²) in [5.41, 5.74) is 3.25. The van der Waals surface area contributed by atoms with Crippen molar-refractivity contribution in [3.63, 3.8) is 0 Å². The zero-order valence-corrected chi connectivity index (χ0v) is 8.94. The molecule has 3 rings (SSSR count). The minimum atomic E-state index is 0.840. The third-order valence-corrected chi connectivity index (χ3v) is 3.19. The Bertz CT molecular complexity index is 593. The highest BCUT2D eigenvalue weighted by atomic mass is 16.1. The highest BCUT2D eigenvalue weighted by molar-refractivity contribution is 6.09. The van der Waals surface area contributed by atoms with Crippen LogP contribution in [0.25, 0.3) is 16.3 Å². The molecule has 0 atom stereocenters. The quantitative estimate of drug-likeness (QED) is 0.657. The van der Waals surface area contributed by atoms with Gasteiger partial charge < -0.3 is 0 Å². The van der Waals surface area contributed by atoms with Gasteiger partial charge in [-0.2, -0.15) is 0 Å². The van der Waals surface area contributed by atoms with Crippen molar-refractivity contribution in [2.24, 2.45) is 0 Å². The lowest BCUT2D eigenvalue weighted by atomic mass is 9.89. The maximum atomic E-state index is 11.0. The Balaban J connectivity index is 2.31. The maximum absolute atomic E-state index is 11.0. The van der Waals surface area contributed by atoms with Crippen LogP contribution < -0.4 is 0 Å². The van der Waals surface area contributed by atoms with Gasteiger partial charge in [0.2, 0.25) is 0 Å². The molecule has 0 bridgehead atoms. The molecule has 1 heteroatoms. The molecule has 0 fully saturated rings. The molecule has 1 aliphatic carbocycles. The molecule has 2 aromatic rings. The molecular weight excluding hydrogens is 196 g/mol. The molecule has 1 nitrogen and oxygen atoms in total. The van der Waals surface area contributed by atoms with Gasteiger partial charge in [-0.15, -0.1) is 0 Å². The summed E-state index contributed by atoms with van der Waals surface area (Å²) in [6, 6.07) is 12.6. The van der Waals surface area contributed by atoms with Gasteiger partial charge in [0.05, 0.1) is 0 Å². The van der Waals surface area contributed by atoms with Crippen LogP contribution in [0.1, 0.15) is 17.5 Å². The van der Waals surface area contributed by atoms with Gasteiger partial charge in [0, 0.05) is 5.57 Å². The lowest BCUT2D eigenvalue weighted by molar-refractivity contribution is -0.103. The molecular formula is C15H12O. The smallest absolute Gasteiger partial charge is 0.150 e. The molecule has 0 amide bonds. The molecule has 0 aliphatic heterocycles. The van der Waals surface area contributed by atoms with Crippen LogP contribution in [0.15, 0.2) is 42.5 Å². The van der Waals surface area contributed by atoms with Crippen LogP contribution in [0.3, 0.4) is 0 Å². The number of carbonyl (C=O) groups excluding carboxylic acids is 1. The predicted octanol–water partition coefficient (Wildman–Crippen LogP) is 3.37. The van der Waals surface area contributed by atoms with Crippen LogP contribution in [-0.2, 0) is 11.2 Å². The van der Waals surface area contributed by atoms with E-state index in [9.17, 15) is 4.79 Å². The molecule has 0 saturated heterocycles. The standard InChI is InChI=1S/C15H12O/c16-10-14-7-3-6-13-8-11-4-1-2-5-12(11)9-15(13)14/h1-2,4-5,7-10H,3,6H2. The molecule has 0 radical (unpaired) electrons. The lowest BCUT2D eigenvalue weighted by Gasteiger charge is -2.15. The third-order valence-electron chi connectivity index (χ3n) is 3.19. The van der Waals surface area contributed by atoms with Crippen molar-refractivity contribution in [2.45, 2.75) is 12.8 Å². The number of hydrogen-bond acceptors (Lipinski definition) is 1. The van der Waals surface area contributed by atoms with Gasteiger partial charge in [0.25, 0.3) is 0 Å². The number of carbonyl (C=O) groups is 1. The van der Waals surface area contributed by atoms with Crippen molar-refractivity contribution in [2.75, 3.05) is 0 Å². The summed E-state index contributed by atoms with van der Waals surface area (Å²) >= 11 is 0. The molecule has 16 heavy (non-hydrogen) atoms. The van der Waals surface area contributed by atoms with Crippen molar-refractivity contribution < 1.29 is 4.79 Å². The first-order valence-corrected chi connectivity index (χ1v) is 5.56. The largest absolute Gasteiger partial charge is 0.298 e. The maximum Gasteiger partial charge on any atom is 0.150 e. The van der Waals surface area contributed by atoms with Gasteiger partial charge in [-0.05, 0) is 40.8 Å². The van der Waals surface area contributed by atoms with E-state index in [0.717, 1.165) is 30.3 Å². The van der Waals surface area contributed by atoms with Gasteiger partial charge in [0.1, 0.15) is 6.29 Å². The Morgan fingerprint density at radius 3 is 2.56 bits per heavy atom. The Labute approximate surface area is 94.4 Å². The Morgan fingerprint density at radius 2 is 1.81 bits per heavy atom. The van der Waals surface area contributed by atoms with Crippen LogP contribution in [-0.4, -0.2) is 6.29 Å². The number of hydrogen-bond donors (Lipinski definition) is 0. The highest BCUT2D eigenvalue weighted by Gasteiger charge is 2.12. The first kappa shape index (κ1) is 9.34. The number of benzene rings is 2. The van der Waals surface area contributed by atoms with Crippen molar-refractivity contribution in [1.82, 2.24) is 0 Å². The topological polar surface area (TPSA) is 17.1 Å². The average Bonchev–Trinajstić information content (AvgIpc) is 2.35. The van der Waals surface area contributed by atoms with Gasteiger partial charge >= 0.3 is 0 Å². The van der Waals surface area contributed by atoms with Crippen LogP contribution in [0.2, 0.25) is 0 Å². The monoisotopic (exact) mass is 208 g/mol. The Hall–Kier alpha value is -1.89. The first-order chi connectivity index (χ1) is 7.88. The van der Waals surface area contributed by atoms with E-state index in [1.807, 2.05) is 18.2 Å². The molecule has 2 aromatic carbocycles. The van der Waals surface area contributed by atoms with Crippen molar-refractivity contribution in [3.8, 4) is 0 Å². The first-order valence-electron chi connectivity index (χ1n) is 5.56. The van der Waals surface area contributed by atoms with Crippen molar-refractivity contribution >= 4 is 22.6 Å². The molecule has 0 saturated carbocycles. The molecule has 1 aliphatic rings. The third kappa shape index (κ3) is 1.36. The van der Waals surface area contributed by atoms with Crippen molar-refractivity contribution in [1.29, 1.82) is 0 Å². The normalized spacial score (nSPS) is 14.4. The lowest BCUT2D eigenvalue weighted by Crippen LogP contribution is -2.00. The van der Waals surface area contributed by atoms with Gasteiger partial charge in [-0.25, -0.2) is 0 Å². The number of aldehydes is 1. The van der Waals surface area contributed by atoms with E-state index in [1.54, 1.807) is 0 Å². The SMILES string of the molecule is O=CC1=CCCc2cc3ccccc3cc21. The van der Waals surface area contributed by atoms with Gasteiger partial charge in [0.15, 0.2) is 0 Å². The van der Waals surface area contributed by atoms with E-state index in [4.69, 9.17) is 0 Å². The van der Waals surface area contributed by atoms with E-state index in [-0.39, 0.29) is 0 Å². The van der Waals surface area contributed by atoms with Crippen LogP contribution in [0.4, 0.5) is 0 Å². The minimum absolute atomic E-state index is 0.840. The Kier molecular flexibility index (Phi) is 2.10. The van der Waals surface area contributed by atoms with Crippen LogP contribution in [0.5, 0.6) is 0 Å².